The van der Waals surface area contributed by atoms with Crippen LogP contribution in [0.3, 0.4) is 0 Å². The van der Waals surface area contributed by atoms with Crippen LogP contribution >= 0.6 is 0 Å². The molecule has 0 radical (unpaired) electrons. The molecule has 0 bridgehead atoms. The fourth-order valence-corrected chi connectivity index (χ4v) is 2.65. The minimum Gasteiger partial charge on any atom is -0.497 e. The van der Waals surface area contributed by atoms with Gasteiger partial charge in [0.2, 0.25) is 0 Å². The summed E-state index contributed by atoms with van der Waals surface area (Å²) in [5, 5.41) is 10.2. The molecular formula is C18H25N3O2. The van der Waals surface area contributed by atoms with Gasteiger partial charge in [0.15, 0.2) is 0 Å². The number of hydrogen-bond donors (Lipinski definition) is 2. The van der Waals surface area contributed by atoms with Gasteiger partial charge in [-0.1, -0.05) is 26.0 Å². The van der Waals surface area contributed by atoms with Crippen molar-refractivity contribution in [3.63, 3.8) is 0 Å². The minimum atomic E-state index is -0.0738. The Morgan fingerprint density at radius 1 is 1.35 bits per heavy atom. The van der Waals surface area contributed by atoms with Gasteiger partial charge in [0.25, 0.3) is 5.91 Å². The van der Waals surface area contributed by atoms with Crippen molar-refractivity contribution in [2.45, 2.75) is 46.1 Å². The van der Waals surface area contributed by atoms with E-state index in [1.807, 2.05) is 52.0 Å². The fraction of sp³-hybridized carbons (Fsp3) is 0.444. The van der Waals surface area contributed by atoms with Crippen LogP contribution in [0, 0.1) is 6.92 Å². The SMILES string of the molecule is COc1cccc(C[C@@H](C)NC(=O)c2c(C(C)C)n[nH]c2C)c1. The predicted octanol–water partition coefficient (Wildman–Crippen LogP) is 3.21. The zero-order valence-corrected chi connectivity index (χ0v) is 14.4. The number of methoxy groups -OCH3 is 1. The van der Waals surface area contributed by atoms with Crippen LogP contribution in [0.1, 0.15) is 54.0 Å². The first-order valence-corrected chi connectivity index (χ1v) is 7.91. The number of ether oxygens (including phenoxy) is 1. The van der Waals surface area contributed by atoms with E-state index in [2.05, 4.69) is 15.5 Å². The van der Waals surface area contributed by atoms with Crippen molar-refractivity contribution < 1.29 is 9.53 Å². The number of aromatic amines is 1. The topological polar surface area (TPSA) is 67.0 Å². The molecule has 1 atom stereocenters. The van der Waals surface area contributed by atoms with Gasteiger partial charge < -0.3 is 10.1 Å². The monoisotopic (exact) mass is 315 g/mol. The summed E-state index contributed by atoms with van der Waals surface area (Å²) in [7, 11) is 1.65. The van der Waals surface area contributed by atoms with Crippen LogP contribution in [0.25, 0.3) is 0 Å². The maximum atomic E-state index is 12.6. The molecule has 0 aliphatic carbocycles. The molecule has 1 heterocycles. The summed E-state index contributed by atoms with van der Waals surface area (Å²) in [5.74, 6) is 0.957. The quantitative estimate of drug-likeness (QED) is 0.860. The van der Waals surface area contributed by atoms with Gasteiger partial charge in [0, 0.05) is 11.7 Å². The van der Waals surface area contributed by atoms with Crippen molar-refractivity contribution in [1.82, 2.24) is 15.5 Å². The Balaban J connectivity index is 2.06. The molecule has 0 fully saturated rings. The summed E-state index contributed by atoms with van der Waals surface area (Å²) in [4.78, 5) is 12.6. The number of carbonyl (C=O) groups is 1. The standard InChI is InChI=1S/C18H25N3O2/c1-11(2)17-16(13(4)20-21-17)18(22)19-12(3)9-14-7-6-8-15(10-14)23-5/h6-8,10-12H,9H2,1-5H3,(H,19,22)(H,20,21)/t12-/m1/s1. The van der Waals surface area contributed by atoms with Crippen molar-refractivity contribution >= 4 is 5.91 Å². The first-order valence-electron chi connectivity index (χ1n) is 7.91. The summed E-state index contributed by atoms with van der Waals surface area (Å²) >= 11 is 0. The highest BCUT2D eigenvalue weighted by Gasteiger charge is 2.21. The number of aromatic nitrogens is 2. The van der Waals surface area contributed by atoms with Gasteiger partial charge in [-0.2, -0.15) is 5.10 Å². The molecule has 2 aromatic rings. The van der Waals surface area contributed by atoms with Crippen LogP contribution in [-0.2, 0) is 6.42 Å². The number of hydrogen-bond acceptors (Lipinski definition) is 3. The number of benzene rings is 1. The first kappa shape index (κ1) is 17.1. The smallest absolute Gasteiger partial charge is 0.255 e. The molecule has 2 N–H and O–H groups in total. The van der Waals surface area contributed by atoms with Crippen molar-refractivity contribution in [2.75, 3.05) is 7.11 Å². The molecule has 5 nitrogen and oxygen atoms in total. The largest absolute Gasteiger partial charge is 0.497 e. The molecule has 1 aromatic heterocycles. The Morgan fingerprint density at radius 3 is 2.74 bits per heavy atom. The third kappa shape index (κ3) is 4.12. The molecule has 0 unspecified atom stereocenters. The zero-order valence-electron chi connectivity index (χ0n) is 14.4. The van der Waals surface area contributed by atoms with Crippen LogP contribution in [-0.4, -0.2) is 29.3 Å². The van der Waals surface area contributed by atoms with Gasteiger partial charge in [-0.3, -0.25) is 9.89 Å². The summed E-state index contributed by atoms with van der Waals surface area (Å²) in [6.07, 6.45) is 0.747. The van der Waals surface area contributed by atoms with E-state index in [0.29, 0.717) is 5.56 Å². The number of nitrogens with zero attached hydrogens (tertiary/aromatic N) is 1. The van der Waals surface area contributed by atoms with Crippen LogP contribution in [0.4, 0.5) is 0 Å². The Kier molecular flexibility index (Phi) is 5.42. The average molecular weight is 315 g/mol. The second kappa shape index (κ2) is 7.31. The summed E-state index contributed by atoms with van der Waals surface area (Å²) in [6.45, 7) is 7.94. The lowest BCUT2D eigenvalue weighted by molar-refractivity contribution is 0.0938. The molecule has 0 aliphatic rings. The molecule has 0 saturated carbocycles. The van der Waals surface area contributed by atoms with E-state index >= 15 is 0 Å². The van der Waals surface area contributed by atoms with Gasteiger partial charge >= 0.3 is 0 Å². The highest BCUT2D eigenvalue weighted by Crippen LogP contribution is 2.20. The zero-order chi connectivity index (χ0) is 17.0. The lowest BCUT2D eigenvalue weighted by atomic mass is 10.0. The highest BCUT2D eigenvalue weighted by molar-refractivity contribution is 5.96. The Labute approximate surface area is 137 Å². The summed E-state index contributed by atoms with van der Waals surface area (Å²) in [5.41, 5.74) is 3.41. The van der Waals surface area contributed by atoms with E-state index < -0.39 is 0 Å². The Hall–Kier alpha value is -2.30. The van der Waals surface area contributed by atoms with Gasteiger partial charge in [-0.15, -0.1) is 0 Å². The highest BCUT2D eigenvalue weighted by atomic mass is 16.5. The maximum Gasteiger partial charge on any atom is 0.255 e. The molecule has 0 spiro atoms. The van der Waals surface area contributed by atoms with E-state index in [1.165, 1.54) is 0 Å². The van der Waals surface area contributed by atoms with Gasteiger partial charge in [0.1, 0.15) is 5.75 Å². The molecule has 5 heteroatoms. The van der Waals surface area contributed by atoms with E-state index in [-0.39, 0.29) is 17.9 Å². The number of H-pyrrole nitrogens is 1. The maximum absolute atomic E-state index is 12.6. The molecule has 1 aromatic carbocycles. The van der Waals surface area contributed by atoms with Gasteiger partial charge in [-0.05, 0) is 43.9 Å². The molecule has 0 aliphatic heterocycles. The summed E-state index contributed by atoms with van der Waals surface area (Å²) in [6, 6.07) is 7.92. The minimum absolute atomic E-state index is 0.0175. The van der Waals surface area contributed by atoms with E-state index in [9.17, 15) is 4.79 Å². The fourth-order valence-electron chi connectivity index (χ4n) is 2.65. The second-order valence-corrected chi connectivity index (χ2v) is 6.19. The average Bonchev–Trinajstić information content (AvgIpc) is 2.89. The molecule has 23 heavy (non-hydrogen) atoms. The van der Waals surface area contributed by atoms with Crippen molar-refractivity contribution in [3.05, 3.63) is 46.8 Å². The third-order valence-electron chi connectivity index (χ3n) is 3.80. The molecular weight excluding hydrogens is 290 g/mol. The second-order valence-electron chi connectivity index (χ2n) is 6.19. The molecule has 124 valence electrons. The Morgan fingerprint density at radius 2 is 2.09 bits per heavy atom. The van der Waals surface area contributed by atoms with E-state index in [4.69, 9.17) is 4.74 Å². The van der Waals surface area contributed by atoms with Crippen molar-refractivity contribution in [1.29, 1.82) is 0 Å². The predicted molar refractivity (Wildman–Crippen MR) is 91.0 cm³/mol. The molecule has 1 amide bonds. The normalized spacial score (nSPS) is 12.3. The lowest BCUT2D eigenvalue weighted by Gasteiger charge is -2.15. The van der Waals surface area contributed by atoms with E-state index in [0.717, 1.165) is 29.1 Å². The van der Waals surface area contributed by atoms with Crippen LogP contribution in [0.5, 0.6) is 5.75 Å². The molecule has 0 saturated heterocycles. The van der Waals surface area contributed by atoms with Crippen LogP contribution < -0.4 is 10.1 Å². The van der Waals surface area contributed by atoms with Gasteiger partial charge in [0.05, 0.1) is 18.4 Å². The number of carbonyl (C=O) groups excluding carboxylic acids is 1. The lowest BCUT2D eigenvalue weighted by Crippen LogP contribution is -2.34. The van der Waals surface area contributed by atoms with Crippen LogP contribution in [0.15, 0.2) is 24.3 Å². The number of nitrogens with one attached hydrogen (secondary N) is 2. The van der Waals surface area contributed by atoms with Crippen molar-refractivity contribution in [2.24, 2.45) is 0 Å². The Bertz CT molecular complexity index is 677. The third-order valence-corrected chi connectivity index (χ3v) is 3.80. The van der Waals surface area contributed by atoms with E-state index in [1.54, 1.807) is 7.11 Å². The number of aryl methyl sites for hydroxylation is 1. The first-order chi connectivity index (χ1) is 10.9. The van der Waals surface area contributed by atoms with Crippen molar-refractivity contribution in [3.8, 4) is 5.75 Å². The number of amides is 1. The molecule has 2 rings (SSSR count). The van der Waals surface area contributed by atoms with Gasteiger partial charge in [-0.25, -0.2) is 0 Å². The van der Waals surface area contributed by atoms with Crippen LogP contribution in [0.2, 0.25) is 0 Å². The summed E-state index contributed by atoms with van der Waals surface area (Å²) < 4.78 is 5.23. The number of rotatable bonds is 6.